The lowest BCUT2D eigenvalue weighted by Crippen LogP contribution is -2.43. The quantitative estimate of drug-likeness (QED) is 0.462. The van der Waals surface area contributed by atoms with Crippen molar-refractivity contribution in [3.05, 3.63) is 76.9 Å². The Morgan fingerprint density at radius 3 is 2.27 bits per heavy atom. The van der Waals surface area contributed by atoms with Gasteiger partial charge in [-0.1, -0.05) is 68.5 Å². The van der Waals surface area contributed by atoms with Crippen LogP contribution in [-0.4, -0.2) is 66.8 Å². The first-order valence-corrected chi connectivity index (χ1v) is 11.1. The molecule has 0 aromatic heterocycles. The van der Waals surface area contributed by atoms with Crippen LogP contribution in [0.4, 0.5) is 0 Å². The highest BCUT2D eigenvalue weighted by Gasteiger charge is 2.15. The molecule has 1 saturated heterocycles. The number of carbonyl (C=O) groups is 1. The van der Waals surface area contributed by atoms with E-state index in [0.29, 0.717) is 0 Å². The topological polar surface area (TPSA) is 26.8 Å². The second-order valence-corrected chi connectivity index (χ2v) is 8.09. The van der Waals surface area contributed by atoms with Gasteiger partial charge in [0.25, 0.3) is 0 Å². The van der Waals surface area contributed by atoms with Crippen molar-refractivity contribution in [3.8, 4) is 0 Å². The molecule has 2 aromatic carbocycles. The summed E-state index contributed by atoms with van der Waals surface area (Å²) in [6, 6.07) is 16.4. The number of hydrogen-bond donors (Lipinski definition) is 0. The van der Waals surface area contributed by atoms with Crippen LogP contribution >= 0.6 is 0 Å². The molecule has 0 saturated carbocycles. The van der Waals surface area contributed by atoms with Crippen molar-refractivity contribution < 1.29 is 4.79 Å². The summed E-state index contributed by atoms with van der Waals surface area (Å²) in [6.45, 7) is 12.4. The minimum absolute atomic E-state index is 0.0761. The Balaban J connectivity index is 1.73. The van der Waals surface area contributed by atoms with E-state index in [1.54, 1.807) is 6.08 Å². The molecular formula is C26H35N3O. The molecule has 0 unspecified atom stereocenters. The standard InChI is InChI=1S/C26H35N3O/c1-4-28(5-2)21-24-12-8-9-13-25(24)26(30)15-14-22-10-6-7-11-23(22)20-29-18-16-27(3)17-19-29/h6-15H,4-5,16-21H2,1-3H3. The van der Waals surface area contributed by atoms with Crippen LogP contribution in [0.3, 0.4) is 0 Å². The molecular weight excluding hydrogens is 370 g/mol. The molecule has 1 fully saturated rings. The Morgan fingerprint density at radius 2 is 1.57 bits per heavy atom. The molecule has 160 valence electrons. The normalized spacial score (nSPS) is 15.9. The fourth-order valence-corrected chi connectivity index (χ4v) is 3.93. The van der Waals surface area contributed by atoms with E-state index in [0.717, 1.165) is 69.0 Å². The monoisotopic (exact) mass is 405 g/mol. The predicted molar refractivity (Wildman–Crippen MR) is 126 cm³/mol. The smallest absolute Gasteiger partial charge is 0.186 e. The molecule has 1 aliphatic rings. The van der Waals surface area contributed by atoms with Crippen LogP contribution in [-0.2, 0) is 13.1 Å². The van der Waals surface area contributed by atoms with Crippen molar-refractivity contribution >= 4 is 11.9 Å². The largest absolute Gasteiger partial charge is 0.304 e. The van der Waals surface area contributed by atoms with Crippen LogP contribution in [0, 0.1) is 0 Å². The number of benzene rings is 2. The zero-order valence-corrected chi connectivity index (χ0v) is 18.7. The number of piperazine rings is 1. The summed E-state index contributed by atoms with van der Waals surface area (Å²) >= 11 is 0. The number of nitrogens with zero attached hydrogens (tertiary/aromatic N) is 3. The van der Waals surface area contributed by atoms with Crippen molar-refractivity contribution in [3.63, 3.8) is 0 Å². The molecule has 30 heavy (non-hydrogen) atoms. The van der Waals surface area contributed by atoms with Gasteiger partial charge in [-0.05, 0) is 42.9 Å². The lowest BCUT2D eigenvalue weighted by Gasteiger charge is -2.32. The van der Waals surface area contributed by atoms with Crippen LogP contribution in [0.2, 0.25) is 0 Å². The summed E-state index contributed by atoms with van der Waals surface area (Å²) in [7, 11) is 2.18. The number of allylic oxidation sites excluding steroid dienone is 1. The third-order valence-electron chi connectivity index (χ3n) is 6.03. The Bertz CT molecular complexity index is 849. The van der Waals surface area contributed by atoms with E-state index in [1.807, 2.05) is 30.3 Å². The maximum atomic E-state index is 13.0. The van der Waals surface area contributed by atoms with E-state index in [9.17, 15) is 4.79 Å². The van der Waals surface area contributed by atoms with Gasteiger partial charge in [0.15, 0.2) is 5.78 Å². The predicted octanol–water partition coefficient (Wildman–Crippen LogP) is 4.17. The third kappa shape index (κ3) is 6.11. The number of carbonyl (C=O) groups excluding carboxylic acids is 1. The molecule has 0 amide bonds. The van der Waals surface area contributed by atoms with Gasteiger partial charge in [-0.15, -0.1) is 0 Å². The lowest BCUT2D eigenvalue weighted by atomic mass is 10.0. The van der Waals surface area contributed by atoms with E-state index >= 15 is 0 Å². The number of ketones is 1. The Kier molecular flexibility index (Phi) is 8.38. The SMILES string of the molecule is CCN(CC)Cc1ccccc1C(=O)C=Cc1ccccc1CN1CCN(C)CC1. The van der Waals surface area contributed by atoms with Crippen LogP contribution in [0.5, 0.6) is 0 Å². The van der Waals surface area contributed by atoms with E-state index in [2.05, 4.69) is 59.9 Å². The zero-order valence-electron chi connectivity index (χ0n) is 18.7. The second-order valence-electron chi connectivity index (χ2n) is 8.09. The van der Waals surface area contributed by atoms with Crippen LogP contribution < -0.4 is 0 Å². The fraction of sp³-hybridized carbons (Fsp3) is 0.423. The summed E-state index contributed by atoms with van der Waals surface area (Å²) in [5.74, 6) is 0.0761. The number of likely N-dealkylation sites (N-methyl/N-ethyl adjacent to an activating group) is 1. The highest BCUT2D eigenvalue weighted by atomic mass is 16.1. The van der Waals surface area contributed by atoms with E-state index < -0.39 is 0 Å². The highest BCUT2D eigenvalue weighted by Crippen LogP contribution is 2.17. The van der Waals surface area contributed by atoms with Gasteiger partial charge in [-0.3, -0.25) is 14.6 Å². The van der Waals surface area contributed by atoms with Crippen LogP contribution in [0.15, 0.2) is 54.6 Å². The van der Waals surface area contributed by atoms with Gasteiger partial charge < -0.3 is 4.90 Å². The molecule has 4 heteroatoms. The van der Waals surface area contributed by atoms with Crippen molar-refractivity contribution in [2.45, 2.75) is 26.9 Å². The molecule has 1 aliphatic heterocycles. The average Bonchev–Trinajstić information content (AvgIpc) is 2.78. The van der Waals surface area contributed by atoms with Crippen molar-refractivity contribution in [2.75, 3.05) is 46.3 Å². The van der Waals surface area contributed by atoms with Gasteiger partial charge in [-0.2, -0.15) is 0 Å². The lowest BCUT2D eigenvalue weighted by molar-refractivity contribution is 0.104. The maximum absolute atomic E-state index is 13.0. The number of hydrogen-bond acceptors (Lipinski definition) is 4. The minimum Gasteiger partial charge on any atom is -0.304 e. The van der Waals surface area contributed by atoms with Gasteiger partial charge in [0, 0.05) is 44.8 Å². The summed E-state index contributed by atoms with van der Waals surface area (Å²) in [5, 5.41) is 0. The molecule has 1 heterocycles. The molecule has 0 aliphatic carbocycles. The molecule has 0 atom stereocenters. The van der Waals surface area contributed by atoms with Gasteiger partial charge in [0.05, 0.1) is 0 Å². The fourth-order valence-electron chi connectivity index (χ4n) is 3.93. The summed E-state index contributed by atoms with van der Waals surface area (Å²) in [4.78, 5) is 20.2. The molecule has 0 radical (unpaired) electrons. The van der Waals surface area contributed by atoms with Crippen molar-refractivity contribution in [2.24, 2.45) is 0 Å². The molecule has 2 aromatic rings. The van der Waals surface area contributed by atoms with Crippen LogP contribution in [0.25, 0.3) is 6.08 Å². The van der Waals surface area contributed by atoms with Gasteiger partial charge >= 0.3 is 0 Å². The van der Waals surface area contributed by atoms with Crippen LogP contribution in [0.1, 0.15) is 40.9 Å². The first-order valence-electron chi connectivity index (χ1n) is 11.1. The Morgan fingerprint density at radius 1 is 0.933 bits per heavy atom. The Labute approximate surface area is 181 Å². The molecule has 0 N–H and O–H groups in total. The van der Waals surface area contributed by atoms with Gasteiger partial charge in [0.2, 0.25) is 0 Å². The van der Waals surface area contributed by atoms with E-state index in [-0.39, 0.29) is 5.78 Å². The molecule has 3 rings (SSSR count). The highest BCUT2D eigenvalue weighted by molar-refractivity contribution is 6.07. The maximum Gasteiger partial charge on any atom is 0.186 e. The second kappa shape index (κ2) is 11.2. The molecule has 0 bridgehead atoms. The van der Waals surface area contributed by atoms with E-state index in [4.69, 9.17) is 0 Å². The first kappa shape index (κ1) is 22.4. The minimum atomic E-state index is 0.0761. The zero-order chi connectivity index (χ0) is 21.3. The van der Waals surface area contributed by atoms with Gasteiger partial charge in [0.1, 0.15) is 0 Å². The molecule has 0 spiro atoms. The summed E-state index contributed by atoms with van der Waals surface area (Å²) in [5.41, 5.74) is 4.31. The Hall–Kier alpha value is -2.27. The first-order chi connectivity index (χ1) is 14.6. The third-order valence-corrected chi connectivity index (χ3v) is 6.03. The number of rotatable bonds is 9. The van der Waals surface area contributed by atoms with Crippen molar-refractivity contribution in [1.29, 1.82) is 0 Å². The van der Waals surface area contributed by atoms with Gasteiger partial charge in [-0.25, -0.2) is 0 Å². The molecule has 4 nitrogen and oxygen atoms in total. The summed E-state index contributed by atoms with van der Waals surface area (Å²) in [6.07, 6.45) is 3.73. The van der Waals surface area contributed by atoms with Crippen molar-refractivity contribution in [1.82, 2.24) is 14.7 Å². The average molecular weight is 406 g/mol. The van der Waals surface area contributed by atoms with E-state index in [1.165, 1.54) is 5.56 Å². The summed E-state index contributed by atoms with van der Waals surface area (Å²) < 4.78 is 0.